The van der Waals surface area contributed by atoms with E-state index in [2.05, 4.69) is 10.2 Å². The monoisotopic (exact) mass is 320 g/mol. The van der Waals surface area contributed by atoms with Gasteiger partial charge in [-0.1, -0.05) is 23.2 Å². The second-order valence-corrected chi connectivity index (χ2v) is 4.12. The Balaban J connectivity index is 0.000000796. The SMILES string of the molecule is CC(=O)O.COc1c(Cl)cc(C=NN=C(N)N)cc1Cl. The Morgan fingerprint density at radius 2 is 1.80 bits per heavy atom. The maximum Gasteiger partial charge on any atom is 0.300 e. The first kappa shape index (κ1) is 18.0. The van der Waals surface area contributed by atoms with Crippen molar-refractivity contribution in [1.82, 2.24) is 0 Å². The van der Waals surface area contributed by atoms with Gasteiger partial charge in [0.1, 0.15) is 0 Å². The van der Waals surface area contributed by atoms with Crippen LogP contribution in [0, 0.1) is 0 Å². The van der Waals surface area contributed by atoms with Gasteiger partial charge < -0.3 is 21.3 Å². The number of carboxylic acids is 1. The van der Waals surface area contributed by atoms with Crippen LogP contribution in [0.15, 0.2) is 22.3 Å². The molecule has 20 heavy (non-hydrogen) atoms. The number of nitrogens with zero attached hydrogens (tertiary/aromatic N) is 2. The molecule has 0 aliphatic carbocycles. The number of aliphatic carboxylic acids is 1. The summed E-state index contributed by atoms with van der Waals surface area (Å²) in [6.07, 6.45) is 1.43. The predicted molar refractivity (Wildman–Crippen MR) is 79.7 cm³/mol. The molecule has 1 aromatic rings. The Kier molecular flexibility index (Phi) is 8.10. The number of methoxy groups -OCH3 is 1. The van der Waals surface area contributed by atoms with E-state index in [1.807, 2.05) is 0 Å². The van der Waals surface area contributed by atoms with Crippen LogP contribution in [-0.4, -0.2) is 30.4 Å². The number of benzene rings is 1. The summed E-state index contributed by atoms with van der Waals surface area (Å²) in [6, 6.07) is 3.27. The first-order valence-corrected chi connectivity index (χ1v) is 5.88. The average Bonchev–Trinajstić information content (AvgIpc) is 2.27. The molecule has 0 radical (unpaired) electrons. The summed E-state index contributed by atoms with van der Waals surface area (Å²) in [6.45, 7) is 1.08. The van der Waals surface area contributed by atoms with Crippen LogP contribution in [0.5, 0.6) is 5.75 Å². The van der Waals surface area contributed by atoms with Crippen LogP contribution in [0.25, 0.3) is 0 Å². The molecule has 1 rings (SSSR count). The summed E-state index contributed by atoms with van der Waals surface area (Å²) in [7, 11) is 1.49. The van der Waals surface area contributed by atoms with Crippen molar-refractivity contribution in [2.75, 3.05) is 7.11 Å². The fourth-order valence-electron chi connectivity index (χ4n) is 1.01. The molecular weight excluding hydrogens is 307 g/mol. The summed E-state index contributed by atoms with van der Waals surface area (Å²) < 4.78 is 5.00. The quantitative estimate of drug-likeness (QED) is 0.444. The van der Waals surface area contributed by atoms with Crippen LogP contribution >= 0.6 is 23.2 Å². The first-order valence-electron chi connectivity index (χ1n) is 5.12. The highest BCUT2D eigenvalue weighted by molar-refractivity contribution is 6.37. The van der Waals surface area contributed by atoms with Gasteiger partial charge in [0.25, 0.3) is 5.97 Å². The van der Waals surface area contributed by atoms with E-state index in [1.54, 1.807) is 12.1 Å². The maximum atomic E-state index is 9.00. The van der Waals surface area contributed by atoms with E-state index in [1.165, 1.54) is 13.3 Å². The molecule has 110 valence electrons. The van der Waals surface area contributed by atoms with Crippen molar-refractivity contribution in [2.45, 2.75) is 6.92 Å². The number of rotatable bonds is 3. The van der Waals surface area contributed by atoms with Crippen molar-refractivity contribution in [3.8, 4) is 5.75 Å². The van der Waals surface area contributed by atoms with Crippen LogP contribution in [0.4, 0.5) is 0 Å². The van der Waals surface area contributed by atoms with Gasteiger partial charge in [0, 0.05) is 6.92 Å². The fourth-order valence-corrected chi connectivity index (χ4v) is 1.67. The van der Waals surface area contributed by atoms with Gasteiger partial charge in [-0.3, -0.25) is 4.79 Å². The van der Waals surface area contributed by atoms with E-state index in [-0.39, 0.29) is 5.96 Å². The summed E-state index contributed by atoms with van der Waals surface area (Å²) in [4.78, 5) is 9.00. The van der Waals surface area contributed by atoms with Gasteiger partial charge in [-0.25, -0.2) is 0 Å². The van der Waals surface area contributed by atoms with Crippen molar-refractivity contribution in [3.05, 3.63) is 27.7 Å². The van der Waals surface area contributed by atoms with Crippen LogP contribution < -0.4 is 16.2 Å². The highest BCUT2D eigenvalue weighted by atomic mass is 35.5. The van der Waals surface area contributed by atoms with E-state index < -0.39 is 5.97 Å². The smallest absolute Gasteiger partial charge is 0.300 e. The van der Waals surface area contributed by atoms with Crippen molar-refractivity contribution >= 4 is 41.3 Å². The third kappa shape index (κ3) is 7.45. The van der Waals surface area contributed by atoms with E-state index >= 15 is 0 Å². The maximum absolute atomic E-state index is 9.00. The average molecular weight is 321 g/mol. The molecule has 7 nitrogen and oxygen atoms in total. The van der Waals surface area contributed by atoms with Crippen molar-refractivity contribution in [3.63, 3.8) is 0 Å². The van der Waals surface area contributed by atoms with Gasteiger partial charge in [0.15, 0.2) is 5.75 Å². The molecule has 9 heteroatoms. The molecule has 1 aromatic carbocycles. The van der Waals surface area contributed by atoms with Crippen LogP contribution in [0.3, 0.4) is 0 Å². The topological polar surface area (TPSA) is 123 Å². The molecule has 0 spiro atoms. The number of nitrogens with two attached hydrogens (primary N) is 2. The van der Waals surface area contributed by atoms with Gasteiger partial charge in [0.2, 0.25) is 5.96 Å². The largest absolute Gasteiger partial charge is 0.494 e. The molecule has 0 aromatic heterocycles. The highest BCUT2D eigenvalue weighted by Crippen LogP contribution is 2.33. The normalized spacial score (nSPS) is 9.60. The lowest BCUT2D eigenvalue weighted by molar-refractivity contribution is -0.134. The van der Waals surface area contributed by atoms with Gasteiger partial charge >= 0.3 is 0 Å². The third-order valence-electron chi connectivity index (χ3n) is 1.60. The molecule has 5 N–H and O–H groups in total. The number of hydrogen-bond donors (Lipinski definition) is 3. The molecule has 0 bridgehead atoms. The Morgan fingerprint density at radius 3 is 2.15 bits per heavy atom. The first-order chi connectivity index (χ1) is 9.27. The Labute approximate surface area is 125 Å². The van der Waals surface area contributed by atoms with Gasteiger partial charge in [0.05, 0.1) is 23.4 Å². The standard InChI is InChI=1S/C9H10Cl2N4O.C2H4O2/c1-16-8-6(10)2-5(3-7(8)11)4-14-15-9(12)13;1-2(3)4/h2-4H,1H3,(H4,12,13,15);1H3,(H,3,4). The van der Waals surface area contributed by atoms with Gasteiger partial charge in [-0.05, 0) is 17.7 Å². The van der Waals surface area contributed by atoms with Gasteiger partial charge in [-0.2, -0.15) is 5.10 Å². The van der Waals surface area contributed by atoms with Crippen molar-refractivity contribution < 1.29 is 14.6 Å². The molecule has 0 saturated heterocycles. The zero-order valence-electron chi connectivity index (χ0n) is 10.8. The predicted octanol–water partition coefficient (Wildman–Crippen LogP) is 1.70. The summed E-state index contributed by atoms with van der Waals surface area (Å²) in [5.74, 6) is -0.538. The lowest BCUT2D eigenvalue weighted by Gasteiger charge is -2.05. The molecule has 0 heterocycles. The van der Waals surface area contributed by atoms with E-state index in [0.717, 1.165) is 6.92 Å². The molecule has 0 unspecified atom stereocenters. The minimum atomic E-state index is -0.833. The zero-order valence-corrected chi connectivity index (χ0v) is 12.3. The highest BCUT2D eigenvalue weighted by Gasteiger charge is 2.07. The second kappa shape index (κ2) is 9.00. The van der Waals surface area contributed by atoms with Crippen LogP contribution in [-0.2, 0) is 4.79 Å². The molecule has 0 aliphatic rings. The van der Waals surface area contributed by atoms with E-state index in [9.17, 15) is 0 Å². The summed E-state index contributed by atoms with van der Waals surface area (Å²) in [5.41, 5.74) is 10.9. The third-order valence-corrected chi connectivity index (χ3v) is 2.17. The van der Waals surface area contributed by atoms with Crippen LogP contribution in [0.1, 0.15) is 12.5 Å². The lowest BCUT2D eigenvalue weighted by Crippen LogP contribution is -2.21. The summed E-state index contributed by atoms with van der Waals surface area (Å²) in [5, 5.41) is 15.3. The molecular formula is C11H14Cl2N4O3. The molecule has 0 amide bonds. The fraction of sp³-hybridized carbons (Fsp3) is 0.182. The minimum Gasteiger partial charge on any atom is -0.494 e. The molecule has 0 saturated carbocycles. The van der Waals surface area contributed by atoms with Gasteiger partial charge in [-0.15, -0.1) is 5.10 Å². The zero-order chi connectivity index (χ0) is 15.7. The van der Waals surface area contributed by atoms with E-state index in [0.29, 0.717) is 21.4 Å². The Hall–Kier alpha value is -1.99. The lowest BCUT2D eigenvalue weighted by atomic mass is 10.2. The number of carboxylic acid groups (broad SMARTS) is 1. The number of guanidine groups is 1. The van der Waals surface area contributed by atoms with Crippen LogP contribution in [0.2, 0.25) is 10.0 Å². The number of ether oxygens (including phenoxy) is 1. The number of halogens is 2. The minimum absolute atomic E-state index is 0.123. The Bertz CT molecular complexity index is 501. The molecule has 0 fully saturated rings. The van der Waals surface area contributed by atoms with E-state index in [4.69, 9.17) is 49.3 Å². The number of carbonyl (C=O) groups is 1. The molecule has 0 atom stereocenters. The summed E-state index contributed by atoms with van der Waals surface area (Å²) >= 11 is 11.8. The second-order valence-electron chi connectivity index (χ2n) is 3.31. The van der Waals surface area contributed by atoms with Crippen molar-refractivity contribution in [2.24, 2.45) is 21.7 Å². The molecule has 0 aliphatic heterocycles. The number of hydrogen-bond acceptors (Lipinski definition) is 4. The van der Waals surface area contributed by atoms with Crippen molar-refractivity contribution in [1.29, 1.82) is 0 Å². The Morgan fingerprint density at radius 1 is 1.35 bits per heavy atom.